The zero-order valence-electron chi connectivity index (χ0n) is 15.2. The van der Waals surface area contributed by atoms with Gasteiger partial charge in [-0.15, -0.1) is 0 Å². The second-order valence-corrected chi connectivity index (χ2v) is 7.21. The van der Waals surface area contributed by atoms with E-state index in [1.54, 1.807) is 7.11 Å². The van der Waals surface area contributed by atoms with E-state index >= 15 is 0 Å². The van der Waals surface area contributed by atoms with E-state index in [4.69, 9.17) is 15.2 Å². The molecule has 2 saturated heterocycles. The van der Waals surface area contributed by atoms with Gasteiger partial charge in [-0.2, -0.15) is 0 Å². The quantitative estimate of drug-likeness (QED) is 0.889. The SMILES string of the molecule is COc1cccc(C[C@H](N)C(=O)N2CCCCC2C2CCOCC2)c1. The molecular weight excluding hydrogens is 316 g/mol. The van der Waals surface area contributed by atoms with Gasteiger partial charge in [0, 0.05) is 25.8 Å². The fraction of sp³-hybridized carbons (Fsp3) is 0.650. The number of hydrogen-bond acceptors (Lipinski definition) is 4. The normalized spacial score (nSPS) is 23.3. The number of nitrogens with zero attached hydrogens (tertiary/aromatic N) is 1. The van der Waals surface area contributed by atoms with Crippen molar-refractivity contribution in [3.05, 3.63) is 29.8 Å². The second-order valence-electron chi connectivity index (χ2n) is 7.21. The van der Waals surface area contributed by atoms with E-state index in [-0.39, 0.29) is 5.91 Å². The van der Waals surface area contributed by atoms with Gasteiger partial charge in [0.15, 0.2) is 0 Å². The molecule has 2 heterocycles. The van der Waals surface area contributed by atoms with Crippen molar-refractivity contribution in [2.75, 3.05) is 26.9 Å². The van der Waals surface area contributed by atoms with Crippen LogP contribution >= 0.6 is 0 Å². The van der Waals surface area contributed by atoms with Gasteiger partial charge in [-0.25, -0.2) is 0 Å². The molecule has 2 aliphatic rings. The molecule has 138 valence electrons. The Morgan fingerprint density at radius 1 is 1.32 bits per heavy atom. The van der Waals surface area contributed by atoms with Crippen LogP contribution < -0.4 is 10.5 Å². The van der Waals surface area contributed by atoms with Crippen molar-refractivity contribution >= 4 is 5.91 Å². The van der Waals surface area contributed by atoms with E-state index in [1.807, 2.05) is 24.3 Å². The second kappa shape index (κ2) is 8.68. The third kappa shape index (κ3) is 4.53. The maximum absolute atomic E-state index is 13.0. The third-order valence-corrected chi connectivity index (χ3v) is 5.55. The van der Waals surface area contributed by atoms with Crippen molar-refractivity contribution in [3.63, 3.8) is 0 Å². The van der Waals surface area contributed by atoms with Gasteiger partial charge in [0.25, 0.3) is 0 Å². The molecule has 1 aromatic rings. The van der Waals surface area contributed by atoms with Crippen LogP contribution in [0.2, 0.25) is 0 Å². The Kier molecular flexibility index (Phi) is 6.32. The molecule has 2 N–H and O–H groups in total. The first kappa shape index (κ1) is 18.2. The van der Waals surface area contributed by atoms with Gasteiger partial charge < -0.3 is 20.1 Å². The lowest BCUT2D eigenvalue weighted by molar-refractivity contribution is -0.138. The number of carbonyl (C=O) groups is 1. The molecule has 1 aromatic carbocycles. The van der Waals surface area contributed by atoms with E-state index in [9.17, 15) is 4.79 Å². The highest BCUT2D eigenvalue weighted by molar-refractivity contribution is 5.82. The van der Waals surface area contributed by atoms with Gasteiger partial charge in [0.05, 0.1) is 13.2 Å². The van der Waals surface area contributed by atoms with Crippen molar-refractivity contribution in [1.82, 2.24) is 4.90 Å². The minimum absolute atomic E-state index is 0.0963. The number of piperidine rings is 1. The summed E-state index contributed by atoms with van der Waals surface area (Å²) in [6, 6.07) is 7.65. The number of nitrogens with two attached hydrogens (primary N) is 1. The molecule has 0 saturated carbocycles. The first-order valence-corrected chi connectivity index (χ1v) is 9.46. The van der Waals surface area contributed by atoms with Crippen LogP contribution in [-0.4, -0.2) is 49.8 Å². The summed E-state index contributed by atoms with van der Waals surface area (Å²) in [6.45, 7) is 2.48. The van der Waals surface area contributed by atoms with Gasteiger partial charge in [-0.05, 0) is 62.1 Å². The molecule has 0 aliphatic carbocycles. The van der Waals surface area contributed by atoms with Crippen molar-refractivity contribution in [2.24, 2.45) is 11.7 Å². The smallest absolute Gasteiger partial charge is 0.240 e. The summed E-state index contributed by atoms with van der Waals surface area (Å²) >= 11 is 0. The van der Waals surface area contributed by atoms with E-state index < -0.39 is 6.04 Å². The Hall–Kier alpha value is -1.59. The predicted octanol–water partition coefficient (Wildman–Crippen LogP) is 2.37. The largest absolute Gasteiger partial charge is 0.497 e. The van der Waals surface area contributed by atoms with Gasteiger partial charge in [-0.1, -0.05) is 12.1 Å². The van der Waals surface area contributed by atoms with Crippen molar-refractivity contribution in [1.29, 1.82) is 0 Å². The minimum Gasteiger partial charge on any atom is -0.497 e. The first-order valence-electron chi connectivity index (χ1n) is 9.46. The molecule has 0 spiro atoms. The lowest BCUT2D eigenvalue weighted by Crippen LogP contribution is -2.54. The molecule has 1 amide bonds. The van der Waals surface area contributed by atoms with Crippen LogP contribution in [0.3, 0.4) is 0 Å². The number of carbonyl (C=O) groups excluding carboxylic acids is 1. The summed E-state index contributed by atoms with van der Waals surface area (Å²) in [6.07, 6.45) is 6.04. The number of hydrogen-bond donors (Lipinski definition) is 1. The monoisotopic (exact) mass is 346 g/mol. The summed E-state index contributed by atoms with van der Waals surface area (Å²) < 4.78 is 10.8. The van der Waals surface area contributed by atoms with Crippen LogP contribution in [0.4, 0.5) is 0 Å². The number of amides is 1. The molecule has 2 atom stereocenters. The Morgan fingerprint density at radius 3 is 2.88 bits per heavy atom. The Morgan fingerprint density at radius 2 is 2.12 bits per heavy atom. The molecule has 2 fully saturated rings. The zero-order chi connectivity index (χ0) is 17.6. The predicted molar refractivity (Wildman–Crippen MR) is 97.6 cm³/mol. The molecule has 5 heteroatoms. The summed E-state index contributed by atoms with van der Waals surface area (Å²) in [7, 11) is 1.65. The van der Waals surface area contributed by atoms with E-state index in [1.165, 1.54) is 6.42 Å². The number of methoxy groups -OCH3 is 1. The van der Waals surface area contributed by atoms with Gasteiger partial charge in [0.1, 0.15) is 5.75 Å². The van der Waals surface area contributed by atoms with E-state index in [0.717, 1.165) is 56.8 Å². The van der Waals surface area contributed by atoms with E-state index in [0.29, 0.717) is 18.4 Å². The first-order chi connectivity index (χ1) is 12.2. The highest BCUT2D eigenvalue weighted by Gasteiger charge is 2.35. The van der Waals surface area contributed by atoms with Crippen LogP contribution in [0.5, 0.6) is 5.75 Å². The lowest BCUT2D eigenvalue weighted by Gasteiger charge is -2.42. The topological polar surface area (TPSA) is 64.8 Å². The molecule has 25 heavy (non-hydrogen) atoms. The molecule has 5 nitrogen and oxygen atoms in total. The standard InChI is InChI=1S/C20H30N2O3/c1-24-17-6-4-5-15(13-17)14-18(21)20(23)22-10-3-2-7-19(22)16-8-11-25-12-9-16/h4-6,13,16,18-19H,2-3,7-12,14,21H2,1H3/t18-,19?/m0/s1. The molecule has 1 unspecified atom stereocenters. The van der Waals surface area contributed by atoms with Crippen molar-refractivity contribution < 1.29 is 14.3 Å². The van der Waals surface area contributed by atoms with Gasteiger partial charge in [0.2, 0.25) is 5.91 Å². The van der Waals surface area contributed by atoms with Crippen molar-refractivity contribution in [3.8, 4) is 5.75 Å². The summed E-state index contributed by atoms with van der Waals surface area (Å²) in [5, 5.41) is 0. The highest BCUT2D eigenvalue weighted by Crippen LogP contribution is 2.30. The number of ether oxygens (including phenoxy) is 2. The molecule has 0 radical (unpaired) electrons. The van der Waals surface area contributed by atoms with Crippen LogP contribution in [0, 0.1) is 5.92 Å². The average Bonchev–Trinajstić information content (AvgIpc) is 2.68. The fourth-order valence-electron chi connectivity index (χ4n) is 4.18. The summed E-state index contributed by atoms with van der Waals surface area (Å²) in [4.78, 5) is 15.1. The van der Waals surface area contributed by atoms with Crippen LogP contribution in [-0.2, 0) is 16.0 Å². The number of benzene rings is 1. The molecule has 0 bridgehead atoms. The van der Waals surface area contributed by atoms with Crippen LogP contribution in [0.1, 0.15) is 37.7 Å². The third-order valence-electron chi connectivity index (χ3n) is 5.55. The highest BCUT2D eigenvalue weighted by atomic mass is 16.5. The Balaban J connectivity index is 1.66. The Bertz CT molecular complexity index is 572. The average molecular weight is 346 g/mol. The molecular formula is C20H30N2O3. The van der Waals surface area contributed by atoms with Gasteiger partial charge >= 0.3 is 0 Å². The lowest BCUT2D eigenvalue weighted by atomic mass is 9.84. The molecule has 2 aliphatic heterocycles. The number of rotatable bonds is 5. The van der Waals surface area contributed by atoms with E-state index in [2.05, 4.69) is 4.90 Å². The minimum atomic E-state index is -0.493. The molecule has 0 aromatic heterocycles. The number of likely N-dealkylation sites (tertiary alicyclic amines) is 1. The van der Waals surface area contributed by atoms with Crippen molar-refractivity contribution in [2.45, 2.75) is 50.6 Å². The molecule has 3 rings (SSSR count). The fourth-order valence-corrected chi connectivity index (χ4v) is 4.18. The maximum atomic E-state index is 13.0. The zero-order valence-corrected chi connectivity index (χ0v) is 15.2. The Labute approximate surface area is 150 Å². The summed E-state index contributed by atoms with van der Waals surface area (Å²) in [5.41, 5.74) is 7.35. The van der Waals surface area contributed by atoms with Crippen LogP contribution in [0.25, 0.3) is 0 Å². The maximum Gasteiger partial charge on any atom is 0.240 e. The summed E-state index contributed by atoms with van der Waals surface area (Å²) in [5.74, 6) is 1.45. The van der Waals surface area contributed by atoms with Gasteiger partial charge in [-0.3, -0.25) is 4.79 Å². The van der Waals surface area contributed by atoms with Crippen LogP contribution in [0.15, 0.2) is 24.3 Å².